The standard InChI is InChI=1S/C20H19FN2O5/c1-12(19(25)22-15-7-5-6-14(21)10-15)27-20(26)18-11-23(13(2)24)16-8-3-4-9-17(16)28-18/h3-10,12,18H,11H2,1-2H3,(H,22,25)/t12-,18-/m0/s1. The Morgan fingerprint density at radius 1 is 1.21 bits per heavy atom. The first-order valence-electron chi connectivity index (χ1n) is 8.66. The van der Waals surface area contributed by atoms with Crippen LogP contribution >= 0.6 is 0 Å². The minimum Gasteiger partial charge on any atom is -0.475 e. The molecule has 0 saturated carbocycles. The molecule has 0 radical (unpaired) electrons. The van der Waals surface area contributed by atoms with Crippen LogP contribution in [0.2, 0.25) is 0 Å². The Morgan fingerprint density at radius 2 is 1.96 bits per heavy atom. The molecule has 0 bridgehead atoms. The number of anilines is 2. The fourth-order valence-electron chi connectivity index (χ4n) is 2.77. The maximum atomic E-state index is 13.2. The second-order valence-electron chi connectivity index (χ2n) is 6.28. The second kappa shape index (κ2) is 8.08. The van der Waals surface area contributed by atoms with Gasteiger partial charge in [-0.15, -0.1) is 0 Å². The molecular weight excluding hydrogens is 367 g/mol. The van der Waals surface area contributed by atoms with Gasteiger partial charge in [-0.05, 0) is 37.3 Å². The summed E-state index contributed by atoms with van der Waals surface area (Å²) < 4.78 is 24.0. The van der Waals surface area contributed by atoms with Crippen molar-refractivity contribution in [2.24, 2.45) is 0 Å². The van der Waals surface area contributed by atoms with E-state index < -0.39 is 29.9 Å². The zero-order valence-electron chi connectivity index (χ0n) is 15.3. The molecule has 2 aromatic carbocycles. The van der Waals surface area contributed by atoms with Crippen LogP contribution in [-0.4, -0.2) is 36.5 Å². The monoisotopic (exact) mass is 386 g/mol. The third kappa shape index (κ3) is 4.28. The fourth-order valence-corrected chi connectivity index (χ4v) is 2.77. The summed E-state index contributed by atoms with van der Waals surface area (Å²) in [6.45, 7) is 2.76. The Balaban J connectivity index is 1.65. The van der Waals surface area contributed by atoms with Gasteiger partial charge in [-0.25, -0.2) is 9.18 Å². The van der Waals surface area contributed by atoms with E-state index in [-0.39, 0.29) is 18.1 Å². The summed E-state index contributed by atoms with van der Waals surface area (Å²) >= 11 is 0. The van der Waals surface area contributed by atoms with Crippen molar-refractivity contribution in [2.45, 2.75) is 26.1 Å². The van der Waals surface area contributed by atoms with Crippen molar-refractivity contribution >= 4 is 29.2 Å². The Hall–Kier alpha value is -3.42. The van der Waals surface area contributed by atoms with Crippen molar-refractivity contribution in [3.05, 3.63) is 54.3 Å². The van der Waals surface area contributed by atoms with Crippen molar-refractivity contribution in [1.82, 2.24) is 0 Å². The van der Waals surface area contributed by atoms with E-state index in [9.17, 15) is 18.8 Å². The van der Waals surface area contributed by atoms with E-state index in [1.54, 1.807) is 24.3 Å². The molecular formula is C20H19FN2O5. The normalized spacial score (nSPS) is 16.4. The van der Waals surface area contributed by atoms with Crippen molar-refractivity contribution < 1.29 is 28.2 Å². The third-order valence-electron chi connectivity index (χ3n) is 4.17. The van der Waals surface area contributed by atoms with Crippen LogP contribution in [0, 0.1) is 5.82 Å². The number of amides is 2. The predicted molar refractivity (Wildman–Crippen MR) is 99.5 cm³/mol. The highest BCUT2D eigenvalue weighted by atomic mass is 19.1. The van der Waals surface area contributed by atoms with Gasteiger partial charge in [-0.3, -0.25) is 9.59 Å². The van der Waals surface area contributed by atoms with Crippen LogP contribution in [0.4, 0.5) is 15.8 Å². The summed E-state index contributed by atoms with van der Waals surface area (Å²) in [4.78, 5) is 38.0. The summed E-state index contributed by atoms with van der Waals surface area (Å²) in [6, 6.07) is 12.2. The van der Waals surface area contributed by atoms with E-state index in [2.05, 4.69) is 5.32 Å². The largest absolute Gasteiger partial charge is 0.475 e. The molecule has 1 N–H and O–H groups in total. The van der Waals surface area contributed by atoms with E-state index in [0.29, 0.717) is 11.4 Å². The Morgan fingerprint density at radius 3 is 2.68 bits per heavy atom. The summed E-state index contributed by atoms with van der Waals surface area (Å²) in [7, 11) is 0. The highest BCUT2D eigenvalue weighted by Crippen LogP contribution is 2.33. The molecule has 0 fully saturated rings. The minimum absolute atomic E-state index is 0.0244. The van der Waals surface area contributed by atoms with Crippen LogP contribution in [0.5, 0.6) is 5.75 Å². The summed E-state index contributed by atoms with van der Waals surface area (Å²) in [5.74, 6) is -1.75. The number of esters is 1. The lowest BCUT2D eigenvalue weighted by atomic mass is 10.2. The van der Waals surface area contributed by atoms with Gasteiger partial charge in [-0.1, -0.05) is 18.2 Å². The number of rotatable bonds is 4. The smallest absolute Gasteiger partial charge is 0.350 e. The van der Waals surface area contributed by atoms with Gasteiger partial charge < -0.3 is 19.7 Å². The number of carbonyl (C=O) groups excluding carboxylic acids is 3. The quantitative estimate of drug-likeness (QED) is 0.817. The number of fused-ring (bicyclic) bond motifs is 1. The fraction of sp³-hybridized carbons (Fsp3) is 0.250. The topological polar surface area (TPSA) is 84.9 Å². The molecule has 0 unspecified atom stereocenters. The van der Waals surface area contributed by atoms with E-state index in [4.69, 9.17) is 9.47 Å². The lowest BCUT2D eigenvalue weighted by Gasteiger charge is -2.33. The first kappa shape index (κ1) is 19.3. The van der Waals surface area contributed by atoms with E-state index in [1.165, 1.54) is 36.9 Å². The van der Waals surface area contributed by atoms with Gasteiger partial charge in [0.1, 0.15) is 11.6 Å². The molecule has 146 valence electrons. The predicted octanol–water partition coefficient (Wildman–Crippen LogP) is 2.51. The molecule has 1 heterocycles. The van der Waals surface area contributed by atoms with Gasteiger partial charge in [0.15, 0.2) is 6.10 Å². The number of carbonyl (C=O) groups is 3. The van der Waals surface area contributed by atoms with Gasteiger partial charge >= 0.3 is 5.97 Å². The molecule has 28 heavy (non-hydrogen) atoms. The van der Waals surface area contributed by atoms with Crippen molar-refractivity contribution in [3.63, 3.8) is 0 Å². The van der Waals surface area contributed by atoms with Crippen molar-refractivity contribution in [3.8, 4) is 5.75 Å². The molecule has 1 aliphatic rings. The van der Waals surface area contributed by atoms with Gasteiger partial charge in [0.25, 0.3) is 5.91 Å². The van der Waals surface area contributed by atoms with Crippen LogP contribution in [0.3, 0.4) is 0 Å². The number of nitrogens with one attached hydrogen (secondary N) is 1. The lowest BCUT2D eigenvalue weighted by Crippen LogP contribution is -2.48. The number of hydrogen-bond donors (Lipinski definition) is 1. The summed E-state index contributed by atoms with van der Waals surface area (Å²) in [6.07, 6.45) is -2.20. The van der Waals surface area contributed by atoms with E-state index in [0.717, 1.165) is 6.07 Å². The van der Waals surface area contributed by atoms with Crippen LogP contribution in [0.1, 0.15) is 13.8 Å². The first-order chi connectivity index (χ1) is 13.3. The average molecular weight is 386 g/mol. The number of nitrogens with zero attached hydrogens (tertiary/aromatic N) is 1. The molecule has 2 amide bonds. The Kier molecular flexibility index (Phi) is 5.58. The lowest BCUT2D eigenvalue weighted by molar-refractivity contribution is -0.160. The highest BCUT2D eigenvalue weighted by molar-refractivity contribution is 5.97. The molecule has 0 aliphatic carbocycles. The Bertz CT molecular complexity index is 917. The average Bonchev–Trinajstić information content (AvgIpc) is 2.66. The molecule has 0 aromatic heterocycles. The molecule has 1 aliphatic heterocycles. The van der Waals surface area contributed by atoms with Crippen LogP contribution in [-0.2, 0) is 19.1 Å². The van der Waals surface area contributed by atoms with Crippen LogP contribution in [0.15, 0.2) is 48.5 Å². The molecule has 0 spiro atoms. The minimum atomic E-state index is -1.14. The van der Waals surface area contributed by atoms with Gasteiger partial charge in [0.05, 0.1) is 12.2 Å². The van der Waals surface area contributed by atoms with Crippen LogP contribution < -0.4 is 15.0 Å². The SMILES string of the molecule is CC(=O)N1C[C@@H](C(=O)O[C@@H](C)C(=O)Nc2cccc(F)c2)Oc2ccccc21. The number of hydrogen-bond acceptors (Lipinski definition) is 5. The van der Waals surface area contributed by atoms with Crippen molar-refractivity contribution in [2.75, 3.05) is 16.8 Å². The van der Waals surface area contributed by atoms with Gasteiger partial charge in [0, 0.05) is 12.6 Å². The number of halogens is 1. The molecule has 3 rings (SSSR count). The first-order valence-corrected chi connectivity index (χ1v) is 8.66. The Labute approximate surface area is 161 Å². The maximum Gasteiger partial charge on any atom is 0.350 e. The van der Waals surface area contributed by atoms with Crippen molar-refractivity contribution in [1.29, 1.82) is 0 Å². The second-order valence-corrected chi connectivity index (χ2v) is 6.28. The molecule has 2 atom stereocenters. The van der Waals surface area contributed by atoms with E-state index >= 15 is 0 Å². The zero-order valence-corrected chi connectivity index (χ0v) is 15.3. The summed E-state index contributed by atoms with van der Waals surface area (Å²) in [5, 5.41) is 2.47. The number of ether oxygens (including phenoxy) is 2. The third-order valence-corrected chi connectivity index (χ3v) is 4.17. The number of para-hydroxylation sites is 2. The summed E-state index contributed by atoms with van der Waals surface area (Å²) in [5.41, 5.74) is 0.814. The highest BCUT2D eigenvalue weighted by Gasteiger charge is 2.35. The van der Waals surface area contributed by atoms with Gasteiger partial charge in [0.2, 0.25) is 12.0 Å². The molecule has 8 heteroatoms. The van der Waals surface area contributed by atoms with E-state index in [1.807, 2.05) is 0 Å². The molecule has 7 nitrogen and oxygen atoms in total. The maximum absolute atomic E-state index is 13.2. The number of benzene rings is 2. The zero-order chi connectivity index (χ0) is 20.3. The molecule has 2 aromatic rings. The van der Waals surface area contributed by atoms with Gasteiger partial charge in [-0.2, -0.15) is 0 Å². The van der Waals surface area contributed by atoms with Crippen LogP contribution in [0.25, 0.3) is 0 Å². The molecule has 0 saturated heterocycles.